The predicted octanol–water partition coefficient (Wildman–Crippen LogP) is 1.52. The molecule has 0 fully saturated rings. The minimum atomic E-state index is -0.383. The first-order chi connectivity index (χ1) is 11.6. The average molecular weight is 324 g/mol. The Labute approximate surface area is 137 Å². The summed E-state index contributed by atoms with van der Waals surface area (Å²) in [6, 6.07) is 12.7. The lowest BCUT2D eigenvalue weighted by Crippen LogP contribution is -2.24. The molecule has 122 valence electrons. The van der Waals surface area contributed by atoms with E-state index in [0.29, 0.717) is 19.0 Å². The van der Waals surface area contributed by atoms with Gasteiger partial charge in [-0.05, 0) is 17.2 Å². The fourth-order valence-corrected chi connectivity index (χ4v) is 2.20. The molecule has 24 heavy (non-hydrogen) atoms. The van der Waals surface area contributed by atoms with Gasteiger partial charge < -0.3 is 14.4 Å². The van der Waals surface area contributed by atoms with Crippen LogP contribution in [0.5, 0.6) is 0 Å². The summed E-state index contributed by atoms with van der Waals surface area (Å²) in [6.07, 6.45) is 1.75. The molecule has 3 rings (SSSR count). The normalized spacial score (nSPS) is 10.5. The molecule has 7 nitrogen and oxygen atoms in total. The molecular weight excluding hydrogens is 308 g/mol. The summed E-state index contributed by atoms with van der Waals surface area (Å²) in [4.78, 5) is 27.4. The first kappa shape index (κ1) is 15.7. The molecular formula is C17H16N4O3. The van der Waals surface area contributed by atoms with E-state index in [1.165, 1.54) is 6.07 Å². The molecule has 2 heterocycles. The Morgan fingerprint density at radius 3 is 2.58 bits per heavy atom. The number of carbonyl (C=O) groups is 1. The lowest BCUT2D eigenvalue weighted by atomic mass is 10.1. The van der Waals surface area contributed by atoms with E-state index in [1.807, 2.05) is 30.3 Å². The van der Waals surface area contributed by atoms with Crippen LogP contribution in [0.25, 0.3) is 0 Å². The molecule has 0 saturated carbocycles. The zero-order chi connectivity index (χ0) is 16.9. The Bertz CT molecular complexity index is 896. The maximum Gasteiger partial charge on any atom is 0.292 e. The number of hydrogen-bond acceptors (Lipinski definition) is 5. The van der Waals surface area contributed by atoms with E-state index in [1.54, 1.807) is 23.8 Å². The van der Waals surface area contributed by atoms with Gasteiger partial charge in [-0.2, -0.15) is 4.98 Å². The maximum atomic E-state index is 11.8. The second-order valence-electron chi connectivity index (χ2n) is 5.30. The van der Waals surface area contributed by atoms with Crippen molar-refractivity contribution >= 4 is 5.91 Å². The zero-order valence-corrected chi connectivity index (χ0v) is 13.1. The van der Waals surface area contributed by atoms with E-state index in [2.05, 4.69) is 15.5 Å². The van der Waals surface area contributed by atoms with Crippen LogP contribution in [0, 0.1) is 6.92 Å². The van der Waals surface area contributed by atoms with Gasteiger partial charge in [0.25, 0.3) is 17.3 Å². The molecule has 0 aliphatic carbocycles. The topological polar surface area (TPSA) is 90.0 Å². The monoisotopic (exact) mass is 324 g/mol. The number of pyridine rings is 1. The van der Waals surface area contributed by atoms with Crippen LogP contribution >= 0.6 is 0 Å². The summed E-state index contributed by atoms with van der Waals surface area (Å²) in [6.45, 7) is 2.49. The van der Waals surface area contributed by atoms with Crippen LogP contribution in [-0.2, 0) is 13.1 Å². The third kappa shape index (κ3) is 3.75. The van der Waals surface area contributed by atoms with E-state index in [9.17, 15) is 9.59 Å². The first-order valence-electron chi connectivity index (χ1n) is 7.43. The largest absolute Gasteiger partial charge is 0.345 e. The van der Waals surface area contributed by atoms with Crippen molar-refractivity contribution in [2.75, 3.05) is 0 Å². The molecule has 0 radical (unpaired) electrons. The van der Waals surface area contributed by atoms with Gasteiger partial charge in [0.1, 0.15) is 0 Å². The summed E-state index contributed by atoms with van der Waals surface area (Å²) in [5.74, 6) is -0.0139. The van der Waals surface area contributed by atoms with Crippen LogP contribution in [0.2, 0.25) is 0 Å². The molecule has 0 aliphatic heterocycles. The molecule has 0 unspecified atom stereocenters. The Morgan fingerprint density at radius 1 is 1.17 bits per heavy atom. The van der Waals surface area contributed by atoms with Crippen molar-refractivity contribution in [1.82, 2.24) is 20.0 Å². The molecule has 2 aromatic heterocycles. The van der Waals surface area contributed by atoms with E-state index >= 15 is 0 Å². The zero-order valence-electron chi connectivity index (χ0n) is 13.1. The van der Waals surface area contributed by atoms with Gasteiger partial charge in [0.2, 0.25) is 5.89 Å². The van der Waals surface area contributed by atoms with Crippen molar-refractivity contribution < 1.29 is 9.32 Å². The number of nitrogens with one attached hydrogen (secondary N) is 1. The van der Waals surface area contributed by atoms with Gasteiger partial charge in [-0.15, -0.1) is 0 Å². The van der Waals surface area contributed by atoms with Crippen LogP contribution in [0.15, 0.2) is 58.0 Å². The van der Waals surface area contributed by atoms with E-state index in [-0.39, 0.29) is 17.3 Å². The lowest BCUT2D eigenvalue weighted by molar-refractivity contribution is 0.0937. The van der Waals surface area contributed by atoms with Crippen molar-refractivity contribution in [3.63, 3.8) is 0 Å². The van der Waals surface area contributed by atoms with Crippen molar-refractivity contribution in [3.8, 4) is 0 Å². The van der Waals surface area contributed by atoms with Crippen molar-refractivity contribution in [3.05, 3.63) is 81.9 Å². The number of hydrogen-bond donors (Lipinski definition) is 1. The third-order valence-corrected chi connectivity index (χ3v) is 3.46. The standard InChI is InChI=1S/C17H16N4O3/c1-12-19-16(20-24-12)17(23)18-10-13-5-7-14(8-6-13)11-21-9-3-2-4-15(21)22/h2-9H,10-11H2,1H3,(H,18,23). The summed E-state index contributed by atoms with van der Waals surface area (Å²) in [7, 11) is 0. The molecule has 1 aromatic carbocycles. The van der Waals surface area contributed by atoms with Gasteiger partial charge in [-0.3, -0.25) is 9.59 Å². The highest BCUT2D eigenvalue weighted by Crippen LogP contribution is 2.06. The van der Waals surface area contributed by atoms with Crippen molar-refractivity contribution in [1.29, 1.82) is 0 Å². The number of aromatic nitrogens is 3. The van der Waals surface area contributed by atoms with Gasteiger partial charge in [-0.1, -0.05) is 35.5 Å². The average Bonchev–Trinajstić information content (AvgIpc) is 3.03. The maximum absolute atomic E-state index is 11.8. The number of rotatable bonds is 5. The first-order valence-corrected chi connectivity index (χ1v) is 7.43. The number of amides is 1. The highest BCUT2D eigenvalue weighted by molar-refractivity contribution is 5.90. The van der Waals surface area contributed by atoms with Gasteiger partial charge in [0.15, 0.2) is 0 Å². The molecule has 0 atom stereocenters. The lowest BCUT2D eigenvalue weighted by Gasteiger charge is -2.07. The minimum Gasteiger partial charge on any atom is -0.345 e. The fraction of sp³-hybridized carbons (Fsp3) is 0.176. The fourth-order valence-electron chi connectivity index (χ4n) is 2.20. The predicted molar refractivity (Wildman–Crippen MR) is 86.5 cm³/mol. The summed E-state index contributed by atoms with van der Waals surface area (Å²) < 4.78 is 6.40. The molecule has 1 N–H and O–H groups in total. The quantitative estimate of drug-likeness (QED) is 0.768. The number of aryl methyl sites for hydroxylation is 1. The summed E-state index contributed by atoms with van der Waals surface area (Å²) >= 11 is 0. The molecule has 7 heteroatoms. The Morgan fingerprint density at radius 2 is 1.92 bits per heavy atom. The molecule has 0 aliphatic rings. The molecule has 0 bridgehead atoms. The van der Waals surface area contributed by atoms with Crippen LogP contribution in [0.4, 0.5) is 0 Å². The minimum absolute atomic E-state index is 0.0209. The van der Waals surface area contributed by atoms with Gasteiger partial charge in [-0.25, -0.2) is 0 Å². The van der Waals surface area contributed by atoms with Crippen molar-refractivity contribution in [2.24, 2.45) is 0 Å². The van der Waals surface area contributed by atoms with E-state index < -0.39 is 0 Å². The molecule has 0 saturated heterocycles. The highest BCUT2D eigenvalue weighted by atomic mass is 16.5. The molecule has 3 aromatic rings. The van der Waals surface area contributed by atoms with Crippen LogP contribution < -0.4 is 10.9 Å². The summed E-state index contributed by atoms with van der Waals surface area (Å²) in [5, 5.41) is 6.29. The second kappa shape index (κ2) is 6.91. The molecule has 1 amide bonds. The number of nitrogens with zero attached hydrogens (tertiary/aromatic N) is 3. The van der Waals surface area contributed by atoms with Crippen LogP contribution in [0.1, 0.15) is 27.6 Å². The summed E-state index contributed by atoms with van der Waals surface area (Å²) in [5.41, 5.74) is 1.91. The van der Waals surface area contributed by atoms with Crippen molar-refractivity contribution in [2.45, 2.75) is 20.0 Å². The Kier molecular flexibility index (Phi) is 4.51. The Balaban J connectivity index is 1.59. The van der Waals surface area contributed by atoms with Gasteiger partial charge >= 0.3 is 0 Å². The third-order valence-electron chi connectivity index (χ3n) is 3.46. The smallest absolute Gasteiger partial charge is 0.292 e. The van der Waals surface area contributed by atoms with E-state index in [4.69, 9.17) is 4.52 Å². The second-order valence-corrected chi connectivity index (χ2v) is 5.30. The highest BCUT2D eigenvalue weighted by Gasteiger charge is 2.12. The van der Waals surface area contributed by atoms with Crippen LogP contribution in [0.3, 0.4) is 0 Å². The van der Waals surface area contributed by atoms with E-state index in [0.717, 1.165) is 11.1 Å². The van der Waals surface area contributed by atoms with Crippen LogP contribution in [-0.4, -0.2) is 20.6 Å². The number of carbonyl (C=O) groups excluding carboxylic acids is 1. The number of benzene rings is 1. The van der Waals surface area contributed by atoms with Gasteiger partial charge in [0.05, 0.1) is 6.54 Å². The SMILES string of the molecule is Cc1nc(C(=O)NCc2ccc(Cn3ccccc3=O)cc2)no1. The van der Waals surface area contributed by atoms with Gasteiger partial charge in [0, 0.05) is 25.7 Å². The molecule has 0 spiro atoms. The Hall–Kier alpha value is -3.22.